The number of hydrogen-bond acceptors (Lipinski definition) is 4. The van der Waals surface area contributed by atoms with E-state index in [4.69, 9.17) is 16.3 Å². The first-order valence-corrected chi connectivity index (χ1v) is 13.8. The van der Waals surface area contributed by atoms with Gasteiger partial charge in [-0.2, -0.15) is 4.31 Å². The van der Waals surface area contributed by atoms with E-state index in [2.05, 4.69) is 28.9 Å². The Hall–Kier alpha value is -3.07. The molecule has 7 nitrogen and oxygen atoms in total. The summed E-state index contributed by atoms with van der Waals surface area (Å²) in [7, 11) is -2.36. The van der Waals surface area contributed by atoms with Crippen molar-refractivity contribution in [3.63, 3.8) is 0 Å². The fraction of sp³-hybridized carbons (Fsp3) is 0.296. The van der Waals surface area contributed by atoms with Crippen LogP contribution in [0, 0.1) is 5.92 Å². The van der Waals surface area contributed by atoms with Crippen LogP contribution in [-0.4, -0.2) is 43.4 Å². The fourth-order valence-electron chi connectivity index (χ4n) is 5.07. The number of carbonyl (C=O) groups excluding carboxylic acids is 1. The molecule has 0 atom stereocenters. The normalized spacial score (nSPS) is 15.4. The summed E-state index contributed by atoms with van der Waals surface area (Å²) in [6.07, 6.45) is 0.872. The maximum Gasteiger partial charge on any atom is 0.246 e. The minimum Gasteiger partial charge on any atom is -0.495 e. The number of carbonyl (C=O) groups is 1. The number of hydrogen-bond donors (Lipinski definition) is 1. The molecule has 0 radical (unpaired) electrons. The molecule has 1 aliphatic heterocycles. The lowest BCUT2D eigenvalue weighted by atomic mass is 9.97. The second-order valence-corrected chi connectivity index (χ2v) is 11.3. The van der Waals surface area contributed by atoms with Gasteiger partial charge >= 0.3 is 0 Å². The summed E-state index contributed by atoms with van der Waals surface area (Å²) in [5, 5.41) is 5.63. The molecule has 0 bridgehead atoms. The standard InChI is InChI=1S/C27H28ClN3O4S/c1-3-31-23-7-5-4-6-21(23)22-17-20(9-10-24(22)31)29-27(32)18-12-14-30(15-13-18)36(33,34)26-16-19(28)8-11-25(26)35-2/h4-11,16-18H,3,12-15H2,1-2H3,(H,29,32). The molecule has 0 saturated carbocycles. The summed E-state index contributed by atoms with van der Waals surface area (Å²) in [5.74, 6) is -0.115. The van der Waals surface area contributed by atoms with Crippen molar-refractivity contribution in [2.24, 2.45) is 5.92 Å². The molecule has 0 spiro atoms. The Kier molecular flexibility index (Phi) is 6.68. The third-order valence-corrected chi connectivity index (χ3v) is 9.08. The van der Waals surface area contributed by atoms with Gasteiger partial charge in [0.2, 0.25) is 15.9 Å². The average Bonchev–Trinajstić information content (AvgIpc) is 3.21. The Bertz CT molecular complexity index is 1560. The number of sulfonamides is 1. The van der Waals surface area contributed by atoms with E-state index in [1.165, 1.54) is 23.0 Å². The Morgan fingerprint density at radius 1 is 1.03 bits per heavy atom. The largest absolute Gasteiger partial charge is 0.495 e. The first-order valence-electron chi connectivity index (χ1n) is 12.0. The van der Waals surface area contributed by atoms with Crippen LogP contribution in [0.1, 0.15) is 19.8 Å². The number of aryl methyl sites for hydroxylation is 1. The number of piperidine rings is 1. The third kappa shape index (κ3) is 4.34. The van der Waals surface area contributed by atoms with Crippen LogP contribution >= 0.6 is 11.6 Å². The minimum atomic E-state index is -3.79. The molecule has 9 heteroatoms. The number of para-hydroxylation sites is 1. The SMILES string of the molecule is CCn1c2ccccc2c2cc(NC(=O)C3CCN(S(=O)(=O)c4cc(Cl)ccc4OC)CC3)ccc21. The molecule has 36 heavy (non-hydrogen) atoms. The predicted octanol–water partition coefficient (Wildman–Crippen LogP) is 5.52. The van der Waals surface area contributed by atoms with E-state index >= 15 is 0 Å². The summed E-state index contributed by atoms with van der Waals surface area (Å²) in [6.45, 7) is 3.48. The Labute approximate surface area is 215 Å². The molecule has 188 valence electrons. The van der Waals surface area contributed by atoms with Crippen molar-refractivity contribution in [2.75, 3.05) is 25.5 Å². The minimum absolute atomic E-state index is 0.0416. The molecule has 1 N–H and O–H groups in total. The molecule has 1 fully saturated rings. The second kappa shape index (κ2) is 9.76. The molecular formula is C27H28ClN3O4S. The molecule has 0 unspecified atom stereocenters. The van der Waals surface area contributed by atoms with E-state index in [1.807, 2.05) is 30.3 Å². The van der Waals surface area contributed by atoms with Gasteiger partial charge in [0.15, 0.2) is 0 Å². The Morgan fingerprint density at radius 2 is 1.75 bits per heavy atom. The lowest BCUT2D eigenvalue weighted by Gasteiger charge is -2.31. The number of benzene rings is 3. The highest BCUT2D eigenvalue weighted by Crippen LogP contribution is 2.33. The molecule has 1 amide bonds. The van der Waals surface area contributed by atoms with Crippen molar-refractivity contribution in [1.82, 2.24) is 8.87 Å². The van der Waals surface area contributed by atoms with Crippen LogP contribution in [0.25, 0.3) is 21.8 Å². The first-order chi connectivity index (χ1) is 17.3. The first kappa shape index (κ1) is 24.6. The maximum absolute atomic E-state index is 13.2. The predicted molar refractivity (Wildman–Crippen MR) is 143 cm³/mol. The number of ether oxygens (including phenoxy) is 1. The topological polar surface area (TPSA) is 80.6 Å². The molecule has 1 saturated heterocycles. The van der Waals surface area contributed by atoms with Crippen LogP contribution in [-0.2, 0) is 21.4 Å². The molecule has 0 aliphatic carbocycles. The number of aromatic nitrogens is 1. The van der Waals surface area contributed by atoms with Crippen molar-refractivity contribution in [1.29, 1.82) is 0 Å². The van der Waals surface area contributed by atoms with Crippen molar-refractivity contribution < 1.29 is 17.9 Å². The van der Waals surface area contributed by atoms with Crippen molar-refractivity contribution >= 4 is 55.0 Å². The van der Waals surface area contributed by atoms with E-state index in [9.17, 15) is 13.2 Å². The zero-order chi connectivity index (χ0) is 25.4. The number of anilines is 1. The highest BCUT2D eigenvalue weighted by Gasteiger charge is 2.34. The van der Waals surface area contributed by atoms with Crippen LogP contribution in [0.3, 0.4) is 0 Å². The number of nitrogens with zero attached hydrogens (tertiary/aromatic N) is 2. The summed E-state index contributed by atoms with van der Waals surface area (Å²) < 4.78 is 35.4. The summed E-state index contributed by atoms with van der Waals surface area (Å²) in [4.78, 5) is 13.1. The zero-order valence-corrected chi connectivity index (χ0v) is 21.8. The second-order valence-electron chi connectivity index (χ2n) is 8.96. The van der Waals surface area contributed by atoms with Crippen molar-refractivity contribution in [2.45, 2.75) is 31.2 Å². The quantitative estimate of drug-likeness (QED) is 0.359. The van der Waals surface area contributed by atoms with Gasteiger partial charge in [-0.25, -0.2) is 8.42 Å². The highest BCUT2D eigenvalue weighted by molar-refractivity contribution is 7.89. The number of amides is 1. The Balaban J connectivity index is 1.30. The molecule has 4 aromatic rings. The molecule has 1 aromatic heterocycles. The van der Waals surface area contributed by atoms with Crippen LogP contribution in [0.2, 0.25) is 5.02 Å². The van der Waals surface area contributed by atoms with E-state index in [-0.39, 0.29) is 35.6 Å². The number of rotatable bonds is 6. The summed E-state index contributed by atoms with van der Waals surface area (Å²) >= 11 is 6.05. The van der Waals surface area contributed by atoms with E-state index in [1.54, 1.807) is 12.1 Å². The molecule has 5 rings (SSSR count). The average molecular weight is 526 g/mol. The number of fused-ring (bicyclic) bond motifs is 3. The van der Waals surface area contributed by atoms with Crippen LogP contribution < -0.4 is 10.1 Å². The van der Waals surface area contributed by atoms with Gasteiger partial charge in [0.05, 0.1) is 7.11 Å². The van der Waals surface area contributed by atoms with Gasteiger partial charge in [-0.3, -0.25) is 4.79 Å². The van der Waals surface area contributed by atoms with E-state index in [0.29, 0.717) is 17.9 Å². The van der Waals surface area contributed by atoms with Gasteiger partial charge in [-0.05, 0) is 62.2 Å². The van der Waals surface area contributed by atoms with Crippen LogP contribution in [0.5, 0.6) is 5.75 Å². The lowest BCUT2D eigenvalue weighted by Crippen LogP contribution is -2.41. The monoisotopic (exact) mass is 525 g/mol. The molecule has 3 aromatic carbocycles. The highest BCUT2D eigenvalue weighted by atomic mass is 35.5. The van der Waals surface area contributed by atoms with Gasteiger partial charge in [0.25, 0.3) is 0 Å². The van der Waals surface area contributed by atoms with Gasteiger partial charge in [0, 0.05) is 58.1 Å². The Morgan fingerprint density at radius 3 is 2.47 bits per heavy atom. The van der Waals surface area contributed by atoms with Gasteiger partial charge in [-0.15, -0.1) is 0 Å². The molecule has 2 heterocycles. The maximum atomic E-state index is 13.2. The smallest absolute Gasteiger partial charge is 0.246 e. The van der Waals surface area contributed by atoms with Gasteiger partial charge in [-0.1, -0.05) is 29.8 Å². The van der Waals surface area contributed by atoms with Gasteiger partial charge < -0.3 is 14.6 Å². The lowest BCUT2D eigenvalue weighted by molar-refractivity contribution is -0.120. The van der Waals surface area contributed by atoms with Gasteiger partial charge in [0.1, 0.15) is 10.6 Å². The zero-order valence-electron chi connectivity index (χ0n) is 20.2. The number of methoxy groups -OCH3 is 1. The fourth-order valence-corrected chi connectivity index (χ4v) is 6.95. The van der Waals surface area contributed by atoms with E-state index in [0.717, 1.165) is 28.5 Å². The van der Waals surface area contributed by atoms with Crippen molar-refractivity contribution in [3.05, 3.63) is 65.7 Å². The van der Waals surface area contributed by atoms with Crippen LogP contribution in [0.15, 0.2) is 65.6 Å². The number of nitrogens with one attached hydrogen (secondary N) is 1. The number of halogens is 1. The summed E-state index contributed by atoms with van der Waals surface area (Å²) in [5.41, 5.74) is 3.04. The van der Waals surface area contributed by atoms with E-state index < -0.39 is 10.0 Å². The molecular weight excluding hydrogens is 498 g/mol. The summed E-state index contributed by atoms with van der Waals surface area (Å²) in [6, 6.07) is 18.8. The molecule has 1 aliphatic rings. The third-order valence-electron chi connectivity index (χ3n) is 6.92. The van der Waals surface area contributed by atoms with Crippen LogP contribution in [0.4, 0.5) is 5.69 Å². The van der Waals surface area contributed by atoms with Crippen molar-refractivity contribution in [3.8, 4) is 5.75 Å².